The molecule has 1 aliphatic heterocycles. The zero-order chi connectivity index (χ0) is 20.0. The number of morpholine rings is 1. The Bertz CT molecular complexity index is 784. The maximum Gasteiger partial charge on any atom is 0.191 e. The third-order valence-corrected chi connectivity index (χ3v) is 5.03. The van der Waals surface area contributed by atoms with Gasteiger partial charge in [0, 0.05) is 51.2 Å². The molecule has 28 heavy (non-hydrogen) atoms. The van der Waals surface area contributed by atoms with Crippen LogP contribution in [0, 0.1) is 5.82 Å². The Kier molecular flexibility index (Phi) is 6.64. The number of hydrogen-bond donors (Lipinski definition) is 2. The van der Waals surface area contributed by atoms with Crippen molar-refractivity contribution in [2.45, 2.75) is 25.9 Å². The second-order valence-corrected chi connectivity index (χ2v) is 7.45. The monoisotopic (exact) mass is 388 g/mol. The Labute approximate surface area is 165 Å². The molecule has 1 aliphatic rings. The van der Waals surface area contributed by atoms with Crippen LogP contribution in [0.2, 0.25) is 0 Å². The summed E-state index contributed by atoms with van der Waals surface area (Å²) in [5.41, 5.74) is 1.31. The molecule has 0 unspecified atom stereocenters. The molecular weight excluding hydrogens is 359 g/mol. The Morgan fingerprint density at radius 3 is 2.71 bits per heavy atom. The molecule has 2 aromatic rings. The lowest BCUT2D eigenvalue weighted by atomic mass is 10.0. The van der Waals surface area contributed by atoms with Gasteiger partial charge in [-0.1, -0.05) is 6.07 Å². The van der Waals surface area contributed by atoms with Crippen LogP contribution in [0.5, 0.6) is 0 Å². The topological polar surface area (TPSA) is 66.7 Å². The van der Waals surface area contributed by atoms with Crippen molar-refractivity contribution in [2.75, 3.05) is 39.9 Å². The highest BCUT2D eigenvalue weighted by Gasteiger charge is 2.28. The highest BCUT2D eigenvalue weighted by Crippen LogP contribution is 2.16. The van der Waals surface area contributed by atoms with Gasteiger partial charge >= 0.3 is 0 Å². The fraction of sp³-hybridized carbons (Fsp3) is 0.500. The number of nitrogens with zero attached hydrogens (tertiary/aromatic N) is 4. The Morgan fingerprint density at radius 1 is 1.29 bits per heavy atom. The summed E-state index contributed by atoms with van der Waals surface area (Å²) >= 11 is 0. The first-order valence-corrected chi connectivity index (χ1v) is 9.54. The summed E-state index contributed by atoms with van der Waals surface area (Å²) in [4.78, 5) is 10.7. The van der Waals surface area contributed by atoms with Gasteiger partial charge in [-0.25, -0.2) is 9.37 Å². The smallest absolute Gasteiger partial charge is 0.191 e. The Hall–Kier alpha value is -2.45. The minimum atomic E-state index is -0.284. The van der Waals surface area contributed by atoms with E-state index in [0.29, 0.717) is 18.2 Å². The van der Waals surface area contributed by atoms with E-state index < -0.39 is 0 Å². The largest absolute Gasteiger partial charge is 0.379 e. The molecular formula is C20H29FN6O. The van der Waals surface area contributed by atoms with Crippen molar-refractivity contribution >= 4 is 5.96 Å². The molecule has 0 amide bonds. The van der Waals surface area contributed by atoms with E-state index >= 15 is 0 Å². The number of imidazole rings is 1. The van der Waals surface area contributed by atoms with Crippen LogP contribution in [0.15, 0.2) is 41.9 Å². The van der Waals surface area contributed by atoms with Crippen molar-refractivity contribution < 1.29 is 9.13 Å². The number of ether oxygens (including phenoxy) is 1. The molecule has 0 atom stereocenters. The van der Waals surface area contributed by atoms with Gasteiger partial charge in [-0.3, -0.25) is 9.89 Å². The number of halogens is 1. The number of rotatable bonds is 6. The minimum Gasteiger partial charge on any atom is -0.379 e. The van der Waals surface area contributed by atoms with E-state index in [1.54, 1.807) is 36.4 Å². The van der Waals surface area contributed by atoms with E-state index in [4.69, 9.17) is 4.74 Å². The summed E-state index contributed by atoms with van der Waals surface area (Å²) in [6.07, 6.45) is 4.93. The molecule has 8 heteroatoms. The number of guanidine groups is 1. The summed E-state index contributed by atoms with van der Waals surface area (Å²) in [5.74, 6) is 0.411. The molecule has 2 N–H and O–H groups in total. The number of hydrogen-bond acceptors (Lipinski definition) is 4. The molecule has 0 bridgehead atoms. The van der Waals surface area contributed by atoms with Crippen molar-refractivity contribution in [3.05, 3.63) is 48.3 Å². The van der Waals surface area contributed by atoms with Gasteiger partial charge in [-0.2, -0.15) is 0 Å². The fourth-order valence-corrected chi connectivity index (χ4v) is 3.26. The highest BCUT2D eigenvalue weighted by atomic mass is 19.1. The first-order chi connectivity index (χ1) is 13.5. The first-order valence-electron chi connectivity index (χ1n) is 9.54. The molecule has 1 fully saturated rings. The van der Waals surface area contributed by atoms with Gasteiger partial charge in [0.05, 0.1) is 25.2 Å². The zero-order valence-corrected chi connectivity index (χ0v) is 16.8. The van der Waals surface area contributed by atoms with Gasteiger partial charge in [-0.15, -0.1) is 0 Å². The third-order valence-electron chi connectivity index (χ3n) is 5.03. The summed E-state index contributed by atoms with van der Waals surface area (Å²) in [7, 11) is 1.74. The molecule has 1 aromatic carbocycles. The molecule has 1 saturated heterocycles. The predicted molar refractivity (Wildman–Crippen MR) is 108 cm³/mol. The van der Waals surface area contributed by atoms with Gasteiger partial charge in [0.2, 0.25) is 0 Å². The summed E-state index contributed by atoms with van der Waals surface area (Å²) in [5, 5.41) is 6.63. The van der Waals surface area contributed by atoms with Crippen LogP contribution in [-0.4, -0.2) is 65.8 Å². The molecule has 3 rings (SSSR count). The molecule has 152 valence electrons. The van der Waals surface area contributed by atoms with Gasteiger partial charge in [0.25, 0.3) is 0 Å². The average Bonchev–Trinajstić information content (AvgIpc) is 3.23. The van der Waals surface area contributed by atoms with Crippen molar-refractivity contribution in [2.24, 2.45) is 4.99 Å². The molecule has 0 spiro atoms. The van der Waals surface area contributed by atoms with Crippen LogP contribution in [0.4, 0.5) is 4.39 Å². The quantitative estimate of drug-likeness (QED) is 0.583. The van der Waals surface area contributed by atoms with Crippen molar-refractivity contribution in [3.8, 4) is 5.69 Å². The number of aliphatic imine (C=N–C) groups is 1. The SMILES string of the molecule is CN=C(NCc1ccc(-n2ccnc2)c(F)c1)NCC(C)(C)N1CCOCC1. The van der Waals surface area contributed by atoms with Gasteiger partial charge in [0.15, 0.2) is 5.96 Å². The number of aromatic nitrogens is 2. The Balaban J connectivity index is 1.53. The molecule has 2 heterocycles. The number of nitrogens with one attached hydrogen (secondary N) is 2. The predicted octanol–water partition coefficient (Wildman–Crippen LogP) is 1.79. The normalized spacial score (nSPS) is 16.2. The second-order valence-electron chi connectivity index (χ2n) is 7.45. The summed E-state index contributed by atoms with van der Waals surface area (Å²) < 4.78 is 21.5. The Morgan fingerprint density at radius 2 is 2.07 bits per heavy atom. The van der Waals surface area contributed by atoms with Crippen LogP contribution in [0.3, 0.4) is 0 Å². The lowest BCUT2D eigenvalue weighted by Crippen LogP contribution is -2.56. The molecule has 7 nitrogen and oxygen atoms in total. The van der Waals surface area contributed by atoms with Gasteiger partial charge in [0.1, 0.15) is 5.82 Å². The van der Waals surface area contributed by atoms with Gasteiger partial charge < -0.3 is 19.9 Å². The molecule has 0 aliphatic carbocycles. The number of benzene rings is 1. The van der Waals surface area contributed by atoms with Crippen molar-refractivity contribution in [3.63, 3.8) is 0 Å². The second kappa shape index (κ2) is 9.16. The molecule has 0 radical (unpaired) electrons. The lowest BCUT2D eigenvalue weighted by Gasteiger charge is -2.41. The van der Waals surface area contributed by atoms with Crippen LogP contribution in [-0.2, 0) is 11.3 Å². The van der Waals surface area contributed by atoms with E-state index in [2.05, 4.69) is 39.4 Å². The summed E-state index contributed by atoms with van der Waals surface area (Å²) in [6.45, 7) is 9.07. The van der Waals surface area contributed by atoms with Crippen LogP contribution >= 0.6 is 0 Å². The minimum absolute atomic E-state index is 0.0139. The van der Waals surface area contributed by atoms with Crippen LogP contribution < -0.4 is 10.6 Å². The highest BCUT2D eigenvalue weighted by molar-refractivity contribution is 5.79. The summed E-state index contributed by atoms with van der Waals surface area (Å²) in [6, 6.07) is 5.19. The van der Waals surface area contributed by atoms with E-state index in [0.717, 1.165) is 38.4 Å². The van der Waals surface area contributed by atoms with Crippen LogP contribution in [0.1, 0.15) is 19.4 Å². The third kappa shape index (κ3) is 5.08. The maximum atomic E-state index is 14.4. The fourth-order valence-electron chi connectivity index (χ4n) is 3.26. The van der Waals surface area contributed by atoms with E-state index in [1.807, 2.05) is 6.07 Å². The van der Waals surface area contributed by atoms with Crippen LogP contribution in [0.25, 0.3) is 5.69 Å². The first kappa shape index (κ1) is 20.3. The van der Waals surface area contributed by atoms with E-state index in [1.165, 1.54) is 6.07 Å². The molecule has 0 saturated carbocycles. The van der Waals surface area contributed by atoms with E-state index in [-0.39, 0.29) is 11.4 Å². The van der Waals surface area contributed by atoms with Crippen molar-refractivity contribution in [1.82, 2.24) is 25.1 Å². The molecule has 1 aromatic heterocycles. The van der Waals surface area contributed by atoms with Crippen molar-refractivity contribution in [1.29, 1.82) is 0 Å². The van der Waals surface area contributed by atoms with E-state index in [9.17, 15) is 4.39 Å². The average molecular weight is 388 g/mol. The lowest BCUT2D eigenvalue weighted by molar-refractivity contribution is -0.00834. The standard InChI is InChI=1S/C20H29FN6O/c1-20(2,27-8-10-28-11-9-27)14-25-19(22-3)24-13-16-4-5-18(17(21)12-16)26-7-6-23-15-26/h4-7,12,15H,8-11,13-14H2,1-3H3,(H2,22,24,25). The van der Waals surface area contributed by atoms with Gasteiger partial charge in [-0.05, 0) is 31.5 Å². The zero-order valence-electron chi connectivity index (χ0n) is 16.8. The maximum absolute atomic E-state index is 14.4.